The minimum atomic E-state index is -1.15. The summed E-state index contributed by atoms with van der Waals surface area (Å²) >= 11 is 0. The minimum Gasteiger partial charge on any atom is -0.870 e. The Kier molecular flexibility index (Phi) is 16.6. The van der Waals surface area contributed by atoms with Crippen molar-refractivity contribution in [2.75, 3.05) is 7.11 Å². The number of fused-ring (bicyclic) bond motifs is 4. The molecular weight excluding hydrogens is 998 g/mol. The molecule has 6 aromatic heterocycles. The number of aromatic nitrogens is 8. The molecule has 2 atom stereocenters. The standard InChI is InChI=1S/C29H26FN5O3.C28H26FN5O4.Li.H2O/c1-17-11-18(2)27-20(15-33(3)25(27)12-17)16-34-23-10-9-22(14-31)32-28(23)35(29(34)37)24(13-26(36)38-4)19-5-7-21(30)8-6-19;1-15-10-16(2)25-18(13-32(3)23(25)11-15)14-33-21-9-8-20(26(30)37)31-27(21)34(28(33)38)22(12-24(35)36)17-4-6-19(29)7-5-17;;/h5-12,15,24H,13,16H2,1-4H3;4-11,13,22H,12,14H2,1-3H3,(H2,30,37)(H,35,36);;1H2/q;;+1;/p-1/t24-;22-;;/m11../s1. The van der Waals surface area contributed by atoms with E-state index in [1.54, 1.807) is 22.8 Å². The first-order valence-corrected chi connectivity index (χ1v) is 24.1. The van der Waals surface area contributed by atoms with Gasteiger partial charge in [-0.25, -0.2) is 28.3 Å². The van der Waals surface area contributed by atoms with Crippen molar-refractivity contribution < 1.29 is 57.3 Å². The van der Waals surface area contributed by atoms with Gasteiger partial charge in [-0.2, -0.15) is 5.26 Å². The fraction of sp³-hybridized carbons (Fsp3) is 0.228. The van der Waals surface area contributed by atoms with Crippen LogP contribution in [0.5, 0.6) is 0 Å². The molecule has 394 valence electrons. The van der Waals surface area contributed by atoms with Crippen molar-refractivity contribution in [2.45, 2.75) is 65.7 Å². The quantitative estimate of drug-likeness (QED) is 0.115. The molecular formula is C57H53F2LiN10O8. The second kappa shape index (κ2) is 22.8. The van der Waals surface area contributed by atoms with Crippen LogP contribution in [0.2, 0.25) is 0 Å². The summed E-state index contributed by atoms with van der Waals surface area (Å²) in [4.78, 5) is 73.2. The number of rotatable bonds is 13. The maximum absolute atomic E-state index is 14.1. The fourth-order valence-electron chi connectivity index (χ4n) is 10.5. The first-order valence-electron chi connectivity index (χ1n) is 24.1. The zero-order chi connectivity index (χ0) is 54.4. The van der Waals surface area contributed by atoms with Crippen LogP contribution >= 0.6 is 0 Å². The van der Waals surface area contributed by atoms with E-state index in [1.807, 2.05) is 69.4 Å². The number of aliphatic carboxylic acids is 1. The number of carboxylic acids is 1. The van der Waals surface area contributed by atoms with Crippen molar-refractivity contribution in [1.82, 2.24) is 37.4 Å². The van der Waals surface area contributed by atoms with Crippen LogP contribution in [0.15, 0.2) is 119 Å². The average Bonchev–Trinajstić information content (AvgIpc) is 4.18. The Morgan fingerprint density at radius 1 is 0.667 bits per heavy atom. The molecule has 4 N–H and O–H groups in total. The van der Waals surface area contributed by atoms with Gasteiger partial charge in [0, 0.05) is 48.3 Å². The van der Waals surface area contributed by atoms with Crippen LogP contribution in [-0.4, -0.2) is 72.9 Å². The summed E-state index contributed by atoms with van der Waals surface area (Å²) in [5.41, 5.74) is 15.3. The number of pyridine rings is 2. The zero-order valence-electron chi connectivity index (χ0n) is 44.1. The molecule has 1 amide bonds. The smallest absolute Gasteiger partial charge is 0.870 e. The predicted molar refractivity (Wildman–Crippen MR) is 284 cm³/mol. The Morgan fingerprint density at radius 2 is 1.10 bits per heavy atom. The molecule has 21 heteroatoms. The number of benzene rings is 4. The van der Waals surface area contributed by atoms with E-state index < -0.39 is 59.4 Å². The summed E-state index contributed by atoms with van der Waals surface area (Å²) < 4.78 is 42.1. The Hall–Kier alpha value is -8.88. The normalized spacial score (nSPS) is 11.9. The maximum atomic E-state index is 14.1. The number of imidazole rings is 2. The van der Waals surface area contributed by atoms with E-state index in [-0.39, 0.29) is 66.5 Å². The van der Waals surface area contributed by atoms with Crippen LogP contribution in [0.4, 0.5) is 8.78 Å². The number of ether oxygens (including phenoxy) is 1. The van der Waals surface area contributed by atoms with Crippen molar-refractivity contribution in [3.63, 3.8) is 0 Å². The van der Waals surface area contributed by atoms with Gasteiger partial charge < -0.3 is 30.2 Å². The fourth-order valence-corrected chi connectivity index (χ4v) is 10.5. The van der Waals surface area contributed by atoms with Crippen LogP contribution < -0.4 is 36.0 Å². The van der Waals surface area contributed by atoms with Gasteiger partial charge in [-0.05, 0) is 133 Å². The van der Waals surface area contributed by atoms with Gasteiger partial charge in [0.2, 0.25) is 0 Å². The van der Waals surface area contributed by atoms with E-state index in [1.165, 1.54) is 75.4 Å². The number of halogens is 2. The maximum Gasteiger partial charge on any atom is 1.00 e. The summed E-state index contributed by atoms with van der Waals surface area (Å²) in [7, 11) is 5.18. The second-order valence-electron chi connectivity index (χ2n) is 19.0. The Labute approximate surface area is 456 Å². The number of carbonyl (C=O) groups is 3. The van der Waals surface area contributed by atoms with Gasteiger partial charge in [-0.3, -0.25) is 32.7 Å². The van der Waals surface area contributed by atoms with Crippen molar-refractivity contribution in [2.24, 2.45) is 19.8 Å². The molecule has 0 fully saturated rings. The van der Waals surface area contributed by atoms with E-state index in [4.69, 9.17) is 10.5 Å². The summed E-state index contributed by atoms with van der Waals surface area (Å²) in [6.45, 7) is 8.58. The molecule has 0 aliphatic carbocycles. The van der Waals surface area contributed by atoms with Gasteiger partial charge in [0.05, 0.1) is 56.2 Å². The zero-order valence-corrected chi connectivity index (χ0v) is 44.1. The van der Waals surface area contributed by atoms with Crippen molar-refractivity contribution in [3.8, 4) is 6.07 Å². The number of methoxy groups -OCH3 is 1. The first-order chi connectivity index (χ1) is 36.3. The number of hydrogen-bond donors (Lipinski definition) is 2. The van der Waals surface area contributed by atoms with Crippen LogP contribution in [-0.2, 0) is 41.5 Å². The number of nitrogens with zero attached hydrogens (tertiary/aromatic N) is 9. The SMILES string of the molecule is COC(=O)C[C@H](c1ccc(F)cc1)n1c(=O)n(Cc2cn(C)c3cc(C)cc(C)c23)c2ccc(C#N)nc21.Cc1cc(C)c2c(Cn3c(=O)n([C@H](CC(=O)O)c4ccc(F)cc4)c4nc(C(N)=O)ccc43)cn(C)c2c1.[Li+].[OH-]. The van der Waals surface area contributed by atoms with Gasteiger partial charge in [0.1, 0.15) is 29.1 Å². The van der Waals surface area contributed by atoms with Crippen molar-refractivity contribution >= 4 is 62.0 Å². The first kappa shape index (κ1) is 56.8. The van der Waals surface area contributed by atoms with Gasteiger partial charge in [0.15, 0.2) is 11.3 Å². The molecule has 0 bridgehead atoms. The molecule has 0 saturated heterocycles. The molecule has 4 aromatic carbocycles. The molecule has 0 aliphatic heterocycles. The molecule has 6 heterocycles. The molecule has 10 rings (SSSR count). The van der Waals surface area contributed by atoms with Crippen LogP contribution in [0.25, 0.3) is 44.1 Å². The predicted octanol–water partition coefficient (Wildman–Crippen LogP) is 5.00. The summed E-state index contributed by atoms with van der Waals surface area (Å²) in [6.07, 6.45) is 3.34. The van der Waals surface area contributed by atoms with E-state index in [0.29, 0.717) is 22.2 Å². The third kappa shape index (κ3) is 10.8. The number of hydrogen-bond acceptors (Lipinski definition) is 10. The number of nitriles is 1. The number of esters is 1. The van der Waals surface area contributed by atoms with Crippen LogP contribution in [0.3, 0.4) is 0 Å². The second-order valence-corrected chi connectivity index (χ2v) is 19.0. The van der Waals surface area contributed by atoms with E-state index in [0.717, 1.165) is 55.2 Å². The molecule has 0 radical (unpaired) electrons. The monoisotopic (exact) mass is 1050 g/mol. The molecule has 10 aromatic rings. The summed E-state index contributed by atoms with van der Waals surface area (Å²) in [5, 5.41) is 21.3. The molecule has 18 nitrogen and oxygen atoms in total. The van der Waals surface area contributed by atoms with E-state index in [9.17, 15) is 43.1 Å². The molecule has 78 heavy (non-hydrogen) atoms. The molecule has 0 spiro atoms. The number of aryl methyl sites for hydroxylation is 6. The minimum absolute atomic E-state index is 0. The third-order valence-electron chi connectivity index (χ3n) is 13.8. The Balaban J connectivity index is 0.000000220. The number of amides is 1. The molecule has 0 unspecified atom stereocenters. The molecule has 0 saturated carbocycles. The average molecular weight is 1050 g/mol. The van der Waals surface area contributed by atoms with Gasteiger partial charge >= 0.3 is 42.2 Å². The number of carboxylic acid groups (broad SMARTS) is 1. The third-order valence-corrected chi connectivity index (χ3v) is 13.8. The van der Waals surface area contributed by atoms with Crippen molar-refractivity contribution in [3.05, 3.63) is 198 Å². The van der Waals surface area contributed by atoms with Crippen molar-refractivity contribution in [1.29, 1.82) is 5.26 Å². The van der Waals surface area contributed by atoms with E-state index >= 15 is 0 Å². The summed E-state index contributed by atoms with van der Waals surface area (Å²) in [6, 6.07) is 25.8. The van der Waals surface area contributed by atoms with Gasteiger partial charge in [0.25, 0.3) is 5.91 Å². The molecule has 0 aliphatic rings. The number of primary amides is 1. The van der Waals surface area contributed by atoms with Gasteiger partial charge in [-0.1, -0.05) is 36.4 Å². The van der Waals surface area contributed by atoms with Gasteiger partial charge in [-0.15, -0.1) is 0 Å². The Bertz CT molecular complexity index is 4150. The largest absolute Gasteiger partial charge is 1.00 e. The number of carbonyl (C=O) groups excluding carboxylic acids is 2. The number of nitrogens with two attached hydrogens (primary N) is 1. The summed E-state index contributed by atoms with van der Waals surface area (Å²) in [5.74, 6) is -3.41. The van der Waals surface area contributed by atoms with Crippen LogP contribution in [0.1, 0.15) is 85.6 Å². The topological polar surface area (TPSA) is 250 Å². The van der Waals surface area contributed by atoms with E-state index in [2.05, 4.69) is 34.2 Å². The Morgan fingerprint density at radius 3 is 1.53 bits per heavy atom. The van der Waals surface area contributed by atoms with Crippen LogP contribution in [0, 0.1) is 50.7 Å².